The Morgan fingerprint density at radius 3 is 2.00 bits per heavy atom. The van der Waals surface area contributed by atoms with E-state index in [9.17, 15) is 8.78 Å². The van der Waals surface area contributed by atoms with Crippen LogP contribution in [0.2, 0.25) is 0 Å². The Morgan fingerprint density at radius 1 is 1.06 bits per heavy atom. The molecular formula is C13H28F2N2. The van der Waals surface area contributed by atoms with Crippen LogP contribution in [0.4, 0.5) is 8.78 Å². The number of nitrogens with zero attached hydrogens (tertiary/aromatic N) is 2. The molecule has 2 aliphatic rings. The summed E-state index contributed by atoms with van der Waals surface area (Å²) >= 11 is 0. The van der Waals surface area contributed by atoms with Crippen molar-refractivity contribution in [3.63, 3.8) is 0 Å². The number of likely N-dealkylation sites (tertiary alicyclic amines) is 2. The molecule has 0 amide bonds. The Bertz CT molecular complexity index is 192. The van der Waals surface area contributed by atoms with Crippen molar-refractivity contribution in [2.24, 2.45) is 5.41 Å². The molecular weight excluding hydrogens is 222 g/mol. The van der Waals surface area contributed by atoms with Crippen LogP contribution in [0.25, 0.3) is 0 Å². The molecule has 2 heterocycles. The molecule has 0 aromatic heterocycles. The molecule has 2 aliphatic heterocycles. The summed E-state index contributed by atoms with van der Waals surface area (Å²) in [6.45, 7) is 11.9. The zero-order chi connectivity index (χ0) is 13.5. The summed E-state index contributed by atoms with van der Waals surface area (Å²) in [4.78, 5) is 4.16. The maximum atomic E-state index is 12.1. The van der Waals surface area contributed by atoms with Gasteiger partial charge in [0, 0.05) is 25.0 Å². The van der Waals surface area contributed by atoms with Crippen molar-refractivity contribution in [3.05, 3.63) is 0 Å². The fourth-order valence-electron chi connectivity index (χ4n) is 2.74. The van der Waals surface area contributed by atoms with Crippen LogP contribution in [0, 0.1) is 5.41 Å². The van der Waals surface area contributed by atoms with Gasteiger partial charge in [-0.3, -0.25) is 4.90 Å². The normalized spacial score (nSPS) is 22.6. The van der Waals surface area contributed by atoms with Gasteiger partial charge in [0.2, 0.25) is 0 Å². The molecule has 17 heavy (non-hydrogen) atoms. The highest BCUT2D eigenvalue weighted by atomic mass is 19.3. The summed E-state index contributed by atoms with van der Waals surface area (Å²) in [6, 6.07) is 0. The predicted octanol–water partition coefficient (Wildman–Crippen LogP) is 2.94. The van der Waals surface area contributed by atoms with Gasteiger partial charge in [-0.1, -0.05) is 27.7 Å². The molecule has 0 N–H and O–H groups in total. The quantitative estimate of drug-likeness (QED) is 0.743. The van der Waals surface area contributed by atoms with Crippen molar-refractivity contribution in [3.8, 4) is 0 Å². The van der Waals surface area contributed by atoms with Gasteiger partial charge in [0.05, 0.1) is 6.54 Å². The summed E-state index contributed by atoms with van der Waals surface area (Å²) < 4.78 is 24.2. The highest BCUT2D eigenvalue weighted by molar-refractivity contribution is 5.00. The Morgan fingerprint density at radius 2 is 1.59 bits per heavy atom. The summed E-state index contributed by atoms with van der Waals surface area (Å²) in [6.07, 6.45) is -1.07. The third-order valence-electron chi connectivity index (χ3n) is 3.12. The first-order valence-electron chi connectivity index (χ1n) is 6.79. The Labute approximate surface area is 105 Å². The molecule has 0 saturated carbocycles. The van der Waals surface area contributed by atoms with Gasteiger partial charge in [-0.25, -0.2) is 8.78 Å². The molecule has 2 nitrogen and oxygen atoms in total. The molecule has 2 rings (SSSR count). The molecule has 0 aliphatic carbocycles. The first kappa shape index (κ1) is 16.8. The minimum absolute atomic E-state index is 0.0362. The van der Waals surface area contributed by atoms with Gasteiger partial charge in [0.25, 0.3) is 6.43 Å². The van der Waals surface area contributed by atoms with Gasteiger partial charge in [-0.05, 0) is 20.0 Å². The van der Waals surface area contributed by atoms with Gasteiger partial charge in [0.1, 0.15) is 0 Å². The molecule has 104 valence electrons. The van der Waals surface area contributed by atoms with Crippen molar-refractivity contribution in [2.75, 3.05) is 39.8 Å². The standard InChI is InChI=1S/C9H16F2N2.2C2H6/c1-12-5-9(6-12)2-3-13(7-9)4-8(10)11;2*1-2/h8H,2-7H2,1H3;2*1-2H3. The largest absolute Gasteiger partial charge is 0.305 e. The molecule has 1 spiro atoms. The lowest BCUT2D eigenvalue weighted by molar-refractivity contribution is 0.0228. The first-order chi connectivity index (χ1) is 8.10. The van der Waals surface area contributed by atoms with Gasteiger partial charge in [-0.2, -0.15) is 0 Å². The monoisotopic (exact) mass is 250 g/mol. The van der Waals surface area contributed by atoms with E-state index in [1.807, 2.05) is 32.6 Å². The first-order valence-corrected chi connectivity index (χ1v) is 6.79. The van der Waals surface area contributed by atoms with Gasteiger partial charge >= 0.3 is 0 Å². The minimum atomic E-state index is -2.17. The molecule has 2 fully saturated rings. The molecule has 2 saturated heterocycles. The van der Waals surface area contributed by atoms with E-state index in [0.717, 1.165) is 32.6 Å². The van der Waals surface area contributed by atoms with E-state index in [1.54, 1.807) is 0 Å². The van der Waals surface area contributed by atoms with E-state index < -0.39 is 6.43 Å². The topological polar surface area (TPSA) is 6.48 Å². The molecule has 0 radical (unpaired) electrons. The second-order valence-corrected chi connectivity index (χ2v) is 4.55. The van der Waals surface area contributed by atoms with E-state index in [1.165, 1.54) is 0 Å². The lowest BCUT2D eigenvalue weighted by atomic mass is 9.79. The summed E-state index contributed by atoms with van der Waals surface area (Å²) in [7, 11) is 2.08. The third-order valence-corrected chi connectivity index (χ3v) is 3.12. The highest BCUT2D eigenvalue weighted by Crippen LogP contribution is 2.38. The average molecular weight is 250 g/mol. The van der Waals surface area contributed by atoms with Crippen LogP contribution in [-0.4, -0.2) is 56.0 Å². The van der Waals surface area contributed by atoms with Crippen molar-refractivity contribution >= 4 is 0 Å². The van der Waals surface area contributed by atoms with Crippen LogP contribution in [0.1, 0.15) is 34.1 Å². The number of hydrogen-bond acceptors (Lipinski definition) is 2. The van der Waals surface area contributed by atoms with Gasteiger partial charge < -0.3 is 4.90 Å². The van der Waals surface area contributed by atoms with Gasteiger partial charge in [0.15, 0.2) is 0 Å². The van der Waals surface area contributed by atoms with Gasteiger partial charge in [-0.15, -0.1) is 0 Å². The molecule has 4 heteroatoms. The zero-order valence-electron chi connectivity index (χ0n) is 12.0. The molecule has 0 aromatic rings. The Hall–Kier alpha value is -0.220. The maximum Gasteiger partial charge on any atom is 0.251 e. The van der Waals surface area contributed by atoms with E-state index in [4.69, 9.17) is 0 Å². The van der Waals surface area contributed by atoms with E-state index >= 15 is 0 Å². The third kappa shape index (κ3) is 4.88. The fraction of sp³-hybridized carbons (Fsp3) is 1.00. The SMILES string of the molecule is CC.CC.CN1CC2(CCN(CC(F)F)C2)C1. The number of halogens is 2. The molecule has 0 unspecified atom stereocenters. The van der Waals surface area contributed by atoms with Crippen LogP contribution < -0.4 is 0 Å². The maximum absolute atomic E-state index is 12.1. The van der Waals surface area contributed by atoms with Crippen LogP contribution >= 0.6 is 0 Å². The Balaban J connectivity index is 0.000000581. The summed E-state index contributed by atoms with van der Waals surface area (Å²) in [5.74, 6) is 0. The van der Waals surface area contributed by atoms with E-state index in [0.29, 0.717) is 5.41 Å². The van der Waals surface area contributed by atoms with Crippen LogP contribution in [0.5, 0.6) is 0 Å². The zero-order valence-corrected chi connectivity index (χ0v) is 12.0. The average Bonchev–Trinajstić information content (AvgIpc) is 2.66. The van der Waals surface area contributed by atoms with E-state index in [-0.39, 0.29) is 6.54 Å². The van der Waals surface area contributed by atoms with Crippen LogP contribution in [0.3, 0.4) is 0 Å². The molecule has 0 aromatic carbocycles. The lowest BCUT2D eigenvalue weighted by Gasteiger charge is -2.46. The van der Waals surface area contributed by atoms with Crippen molar-refractivity contribution < 1.29 is 8.78 Å². The smallest absolute Gasteiger partial charge is 0.251 e. The number of alkyl halides is 2. The molecule has 0 atom stereocenters. The molecule has 0 bridgehead atoms. The van der Waals surface area contributed by atoms with E-state index in [2.05, 4.69) is 11.9 Å². The minimum Gasteiger partial charge on any atom is -0.305 e. The fourth-order valence-corrected chi connectivity index (χ4v) is 2.74. The second kappa shape index (κ2) is 7.98. The van der Waals surface area contributed by atoms with Crippen molar-refractivity contribution in [2.45, 2.75) is 40.5 Å². The predicted molar refractivity (Wildman–Crippen MR) is 69.7 cm³/mol. The van der Waals surface area contributed by atoms with Crippen LogP contribution in [-0.2, 0) is 0 Å². The summed E-state index contributed by atoms with van der Waals surface area (Å²) in [5.41, 5.74) is 0.365. The van der Waals surface area contributed by atoms with Crippen LogP contribution in [0.15, 0.2) is 0 Å². The van der Waals surface area contributed by atoms with Crippen molar-refractivity contribution in [1.82, 2.24) is 9.80 Å². The number of hydrogen-bond donors (Lipinski definition) is 0. The highest BCUT2D eigenvalue weighted by Gasteiger charge is 2.46. The second-order valence-electron chi connectivity index (χ2n) is 4.55. The number of rotatable bonds is 2. The van der Waals surface area contributed by atoms with Crippen molar-refractivity contribution in [1.29, 1.82) is 0 Å². The lowest BCUT2D eigenvalue weighted by Crippen LogP contribution is -2.55. The Kier molecular flexibility index (Phi) is 7.88. The summed E-state index contributed by atoms with van der Waals surface area (Å²) in [5, 5.41) is 0.